The number of amides is 2. The van der Waals surface area contributed by atoms with Crippen LogP contribution in [-0.2, 0) is 24.3 Å². The average Bonchev–Trinajstić information content (AvgIpc) is 3.10. The minimum Gasteiger partial charge on any atom is -0.336 e. The molecule has 144 valence electrons. The van der Waals surface area contributed by atoms with E-state index in [1.165, 1.54) is 11.1 Å². The molecule has 0 N–H and O–H groups in total. The summed E-state index contributed by atoms with van der Waals surface area (Å²) >= 11 is 0. The summed E-state index contributed by atoms with van der Waals surface area (Å²) in [5.41, 5.74) is 5.03. The predicted molar refractivity (Wildman–Crippen MR) is 111 cm³/mol. The van der Waals surface area contributed by atoms with E-state index in [2.05, 4.69) is 12.1 Å². The number of fused-ring (bicyclic) bond motifs is 2. The van der Waals surface area contributed by atoms with Gasteiger partial charge in [-0.1, -0.05) is 72.8 Å². The zero-order valence-corrected chi connectivity index (χ0v) is 16.1. The van der Waals surface area contributed by atoms with Gasteiger partial charge >= 0.3 is 0 Å². The summed E-state index contributed by atoms with van der Waals surface area (Å²) in [5.74, 6) is -0.0768. The molecule has 2 aliphatic heterocycles. The van der Waals surface area contributed by atoms with Gasteiger partial charge in [0.1, 0.15) is 6.04 Å². The van der Waals surface area contributed by atoms with Crippen LogP contribution in [0.1, 0.15) is 38.7 Å². The molecule has 2 aliphatic rings. The van der Waals surface area contributed by atoms with Gasteiger partial charge < -0.3 is 9.80 Å². The molecule has 4 nitrogen and oxygen atoms in total. The van der Waals surface area contributed by atoms with Gasteiger partial charge in [-0.2, -0.15) is 0 Å². The average molecular weight is 382 g/mol. The first kappa shape index (κ1) is 17.7. The molecule has 2 amide bonds. The van der Waals surface area contributed by atoms with Gasteiger partial charge in [-0.05, 0) is 34.7 Å². The number of hydrogen-bond acceptors (Lipinski definition) is 2. The lowest BCUT2D eigenvalue weighted by molar-refractivity contribution is -0.137. The Labute approximate surface area is 170 Å². The highest BCUT2D eigenvalue weighted by Gasteiger charge is 2.39. The normalized spacial score (nSPS) is 16.3. The first-order valence-electron chi connectivity index (χ1n) is 10.0. The van der Waals surface area contributed by atoms with Gasteiger partial charge in [0.05, 0.1) is 0 Å². The molecule has 1 unspecified atom stereocenters. The van der Waals surface area contributed by atoms with Gasteiger partial charge in [0, 0.05) is 25.2 Å². The van der Waals surface area contributed by atoms with Crippen LogP contribution in [0.4, 0.5) is 0 Å². The third-order valence-electron chi connectivity index (χ3n) is 5.95. The Morgan fingerprint density at radius 2 is 1.41 bits per heavy atom. The lowest BCUT2D eigenvalue weighted by atomic mass is 9.97. The molecule has 0 bridgehead atoms. The summed E-state index contributed by atoms with van der Waals surface area (Å²) in [4.78, 5) is 30.5. The van der Waals surface area contributed by atoms with E-state index in [9.17, 15) is 9.59 Å². The Hall–Kier alpha value is -3.40. The second-order valence-corrected chi connectivity index (χ2v) is 7.68. The van der Waals surface area contributed by atoms with Gasteiger partial charge in [0.25, 0.3) is 5.91 Å². The fourth-order valence-corrected chi connectivity index (χ4v) is 4.43. The number of benzene rings is 3. The molecule has 29 heavy (non-hydrogen) atoms. The highest BCUT2D eigenvalue weighted by Crippen LogP contribution is 2.33. The van der Waals surface area contributed by atoms with Gasteiger partial charge in [-0.3, -0.25) is 9.59 Å². The van der Waals surface area contributed by atoms with Crippen LogP contribution in [0.5, 0.6) is 0 Å². The zero-order chi connectivity index (χ0) is 19.8. The van der Waals surface area contributed by atoms with Crippen LogP contribution < -0.4 is 0 Å². The van der Waals surface area contributed by atoms with E-state index in [4.69, 9.17) is 0 Å². The topological polar surface area (TPSA) is 40.6 Å². The summed E-state index contributed by atoms with van der Waals surface area (Å²) < 4.78 is 0. The standard InChI is InChI=1S/C25H22N2O2/c28-24-22-13-7-6-12-21(22)17-27(24)23(19-9-2-1-3-10-19)25(29)26-15-14-18-8-4-5-11-20(18)16-26/h1-13,23H,14-17H2. The Kier molecular flexibility index (Phi) is 4.39. The second kappa shape index (κ2) is 7.21. The van der Waals surface area contributed by atoms with E-state index in [-0.39, 0.29) is 11.8 Å². The van der Waals surface area contributed by atoms with Crippen molar-refractivity contribution in [3.05, 3.63) is 107 Å². The maximum Gasteiger partial charge on any atom is 0.255 e. The molecule has 0 fully saturated rings. The highest BCUT2D eigenvalue weighted by molar-refractivity contribution is 6.01. The van der Waals surface area contributed by atoms with E-state index in [0.29, 0.717) is 25.2 Å². The molecule has 3 aromatic carbocycles. The number of carbonyl (C=O) groups is 2. The Balaban J connectivity index is 1.49. The lowest BCUT2D eigenvalue weighted by Gasteiger charge is -2.35. The van der Waals surface area contributed by atoms with Crippen molar-refractivity contribution in [2.45, 2.75) is 25.6 Å². The molecule has 5 rings (SSSR count). The molecule has 0 radical (unpaired) electrons. The summed E-state index contributed by atoms with van der Waals surface area (Å²) in [6.07, 6.45) is 0.845. The zero-order valence-electron chi connectivity index (χ0n) is 16.1. The molecule has 1 atom stereocenters. The Morgan fingerprint density at radius 1 is 0.759 bits per heavy atom. The predicted octanol–water partition coefficient (Wildman–Crippen LogP) is 3.97. The van der Waals surface area contributed by atoms with Gasteiger partial charge in [-0.15, -0.1) is 0 Å². The molecule has 0 spiro atoms. The van der Waals surface area contributed by atoms with Crippen molar-refractivity contribution in [1.29, 1.82) is 0 Å². The molecule has 2 heterocycles. The molecule has 0 aliphatic carbocycles. The molecular formula is C25H22N2O2. The van der Waals surface area contributed by atoms with Crippen LogP contribution in [0.15, 0.2) is 78.9 Å². The van der Waals surface area contributed by atoms with Gasteiger partial charge in [0.15, 0.2) is 0 Å². The largest absolute Gasteiger partial charge is 0.336 e. The fourth-order valence-electron chi connectivity index (χ4n) is 4.43. The van der Waals surface area contributed by atoms with Crippen LogP contribution in [0, 0.1) is 0 Å². The first-order valence-corrected chi connectivity index (χ1v) is 10.0. The van der Waals surface area contributed by atoms with E-state index < -0.39 is 6.04 Å². The van der Waals surface area contributed by atoms with Crippen molar-refractivity contribution >= 4 is 11.8 Å². The van der Waals surface area contributed by atoms with Crippen LogP contribution in [-0.4, -0.2) is 28.2 Å². The van der Waals surface area contributed by atoms with Crippen LogP contribution in [0.2, 0.25) is 0 Å². The van der Waals surface area contributed by atoms with Gasteiger partial charge in [-0.25, -0.2) is 0 Å². The second-order valence-electron chi connectivity index (χ2n) is 7.68. The summed E-state index contributed by atoms with van der Waals surface area (Å²) in [7, 11) is 0. The third-order valence-corrected chi connectivity index (χ3v) is 5.95. The SMILES string of the molecule is O=C(C(c1ccccc1)N1Cc2ccccc2C1=O)N1CCc2ccccc2C1. The number of carbonyl (C=O) groups excluding carboxylic acids is 2. The smallest absolute Gasteiger partial charge is 0.255 e. The first-order chi connectivity index (χ1) is 14.2. The fraction of sp³-hybridized carbons (Fsp3) is 0.200. The van der Waals surface area contributed by atoms with Crippen molar-refractivity contribution in [3.8, 4) is 0 Å². The summed E-state index contributed by atoms with van der Waals surface area (Å²) in [6, 6.07) is 25.0. The molecule has 0 saturated heterocycles. The molecule has 4 heteroatoms. The van der Waals surface area contributed by atoms with Crippen molar-refractivity contribution in [1.82, 2.24) is 9.80 Å². The molecule has 0 saturated carbocycles. The summed E-state index contributed by atoms with van der Waals surface area (Å²) in [6.45, 7) is 1.73. The van der Waals surface area contributed by atoms with Crippen LogP contribution in [0.25, 0.3) is 0 Å². The minimum absolute atomic E-state index is 0.00754. The maximum atomic E-state index is 13.7. The number of hydrogen-bond donors (Lipinski definition) is 0. The third kappa shape index (κ3) is 3.11. The molecular weight excluding hydrogens is 360 g/mol. The van der Waals surface area contributed by atoms with E-state index in [0.717, 1.165) is 17.5 Å². The Morgan fingerprint density at radius 3 is 2.17 bits per heavy atom. The van der Waals surface area contributed by atoms with Crippen LogP contribution >= 0.6 is 0 Å². The van der Waals surface area contributed by atoms with Crippen molar-refractivity contribution in [2.24, 2.45) is 0 Å². The molecule has 0 aromatic heterocycles. The quantitative estimate of drug-likeness (QED) is 0.688. The van der Waals surface area contributed by atoms with E-state index in [1.54, 1.807) is 4.90 Å². The summed E-state index contributed by atoms with van der Waals surface area (Å²) in [5, 5.41) is 0. The van der Waals surface area contributed by atoms with Crippen molar-refractivity contribution in [3.63, 3.8) is 0 Å². The van der Waals surface area contributed by atoms with Crippen LogP contribution in [0.3, 0.4) is 0 Å². The Bertz CT molecular complexity index is 1080. The molecule has 3 aromatic rings. The van der Waals surface area contributed by atoms with Gasteiger partial charge in [0.2, 0.25) is 5.91 Å². The highest BCUT2D eigenvalue weighted by atomic mass is 16.2. The number of rotatable bonds is 3. The van der Waals surface area contributed by atoms with E-state index >= 15 is 0 Å². The minimum atomic E-state index is -0.610. The number of nitrogens with zero attached hydrogens (tertiary/aromatic N) is 2. The van der Waals surface area contributed by atoms with Crippen molar-refractivity contribution in [2.75, 3.05) is 6.54 Å². The maximum absolute atomic E-state index is 13.7. The van der Waals surface area contributed by atoms with E-state index in [1.807, 2.05) is 71.6 Å². The lowest BCUT2D eigenvalue weighted by Crippen LogP contribution is -2.45. The van der Waals surface area contributed by atoms with Crippen molar-refractivity contribution < 1.29 is 9.59 Å². The monoisotopic (exact) mass is 382 g/mol.